The van der Waals surface area contributed by atoms with E-state index in [-0.39, 0.29) is 11.3 Å². The maximum absolute atomic E-state index is 12.7. The molecule has 0 bridgehead atoms. The summed E-state index contributed by atoms with van der Waals surface area (Å²) < 4.78 is 28.3. The number of rotatable bonds is 6. The number of carbonyl (C=O) groups excluding carboxylic acids is 1. The molecule has 1 aromatic rings. The summed E-state index contributed by atoms with van der Waals surface area (Å²) in [5, 5.41) is 59.3. The molecule has 4 aliphatic rings. The summed E-state index contributed by atoms with van der Waals surface area (Å²) in [4.78, 5) is 12.7. The Morgan fingerprint density at radius 3 is 2.44 bits per heavy atom. The fourth-order valence-corrected chi connectivity index (χ4v) is 5.08. The first kappa shape index (κ1) is 23.5. The molecule has 186 valence electrons. The molecule has 0 spiro atoms. The molecule has 11 atom stereocenters. The van der Waals surface area contributed by atoms with Gasteiger partial charge in [0, 0.05) is 5.92 Å². The third kappa shape index (κ3) is 3.67. The van der Waals surface area contributed by atoms with Gasteiger partial charge in [-0.2, -0.15) is 0 Å². The van der Waals surface area contributed by atoms with Gasteiger partial charge in [-0.3, -0.25) is 0 Å². The van der Waals surface area contributed by atoms with Crippen LogP contribution in [0, 0.1) is 11.8 Å². The maximum atomic E-state index is 12.7. The molecule has 5 rings (SSSR count). The minimum Gasteiger partial charge on any atom is -0.508 e. The molecule has 3 fully saturated rings. The van der Waals surface area contributed by atoms with E-state index in [1.165, 1.54) is 30.5 Å². The Morgan fingerprint density at radius 2 is 1.76 bits per heavy atom. The minimum absolute atomic E-state index is 0.00264. The Balaban J connectivity index is 1.34. The van der Waals surface area contributed by atoms with Gasteiger partial charge in [-0.1, -0.05) is 0 Å². The molecule has 2 saturated heterocycles. The van der Waals surface area contributed by atoms with E-state index >= 15 is 0 Å². The van der Waals surface area contributed by atoms with Crippen LogP contribution in [0.1, 0.15) is 10.4 Å². The van der Waals surface area contributed by atoms with E-state index in [1.807, 2.05) is 0 Å². The Bertz CT molecular complexity index is 934. The van der Waals surface area contributed by atoms with Gasteiger partial charge in [0.15, 0.2) is 6.29 Å². The Hall–Kier alpha value is -2.29. The van der Waals surface area contributed by atoms with Crippen LogP contribution < -0.4 is 0 Å². The monoisotopic (exact) mass is 482 g/mol. The summed E-state index contributed by atoms with van der Waals surface area (Å²) in [7, 11) is 0. The summed E-state index contributed by atoms with van der Waals surface area (Å²) in [6.07, 6.45) is -6.99. The van der Waals surface area contributed by atoms with E-state index in [4.69, 9.17) is 23.7 Å². The molecule has 1 saturated carbocycles. The number of ether oxygens (including phenoxy) is 5. The smallest absolute Gasteiger partial charge is 0.338 e. The van der Waals surface area contributed by atoms with Gasteiger partial charge in [-0.15, -0.1) is 0 Å². The molecule has 3 heterocycles. The molecular formula is C22H26O12. The van der Waals surface area contributed by atoms with Crippen LogP contribution in [0.25, 0.3) is 0 Å². The van der Waals surface area contributed by atoms with Crippen LogP contribution in [-0.2, 0) is 23.7 Å². The number of phenols is 1. The van der Waals surface area contributed by atoms with Crippen molar-refractivity contribution < 1.29 is 59.1 Å². The van der Waals surface area contributed by atoms with Crippen molar-refractivity contribution >= 4 is 5.97 Å². The van der Waals surface area contributed by atoms with Crippen molar-refractivity contribution in [3.05, 3.63) is 42.2 Å². The molecule has 3 aliphatic heterocycles. The number of carbonyl (C=O) groups is 1. The number of aliphatic hydroxyl groups excluding tert-OH is 5. The highest BCUT2D eigenvalue weighted by Gasteiger charge is 2.77. The van der Waals surface area contributed by atoms with Gasteiger partial charge in [0.25, 0.3) is 0 Å². The van der Waals surface area contributed by atoms with Crippen molar-refractivity contribution in [1.82, 2.24) is 0 Å². The highest BCUT2D eigenvalue weighted by atomic mass is 16.8. The third-order valence-corrected chi connectivity index (χ3v) is 6.94. The van der Waals surface area contributed by atoms with E-state index in [2.05, 4.69) is 0 Å². The largest absolute Gasteiger partial charge is 0.508 e. The Labute approximate surface area is 193 Å². The van der Waals surface area contributed by atoms with Crippen LogP contribution in [0.3, 0.4) is 0 Å². The van der Waals surface area contributed by atoms with Crippen molar-refractivity contribution in [2.24, 2.45) is 11.8 Å². The van der Waals surface area contributed by atoms with E-state index in [0.29, 0.717) is 0 Å². The standard InChI is InChI=1S/C22H26O12/c23-7-12-14(26)15(27)16(28)21(31-12)33-20-13-11(5-6-30-20)17(18-22(13,8-24)34-18)32-19(29)9-1-3-10(25)4-2-9/h1-6,11-18,20-21,23-28H,7-8H2/t11-,12-,13+,14-,15+,16-,17+,18-,20-,21-,22-/m0/s1. The summed E-state index contributed by atoms with van der Waals surface area (Å²) >= 11 is 0. The molecule has 0 unspecified atom stereocenters. The van der Waals surface area contributed by atoms with Crippen LogP contribution in [0.5, 0.6) is 5.75 Å². The van der Waals surface area contributed by atoms with Gasteiger partial charge < -0.3 is 54.3 Å². The third-order valence-electron chi connectivity index (χ3n) is 6.94. The summed E-state index contributed by atoms with van der Waals surface area (Å²) in [6.45, 7) is -1.04. The quantitative estimate of drug-likeness (QED) is 0.193. The topological polar surface area (TPSA) is 188 Å². The van der Waals surface area contributed by atoms with Crippen LogP contribution >= 0.6 is 0 Å². The normalized spacial score (nSPS) is 44.6. The lowest BCUT2D eigenvalue weighted by molar-refractivity contribution is -0.344. The van der Waals surface area contributed by atoms with E-state index < -0.39 is 85.8 Å². The van der Waals surface area contributed by atoms with Crippen LogP contribution in [0.15, 0.2) is 36.6 Å². The number of hydrogen-bond donors (Lipinski definition) is 6. The summed E-state index contributed by atoms with van der Waals surface area (Å²) in [5.41, 5.74) is -0.907. The minimum atomic E-state index is -1.64. The number of fused-ring (bicyclic) bond motifs is 3. The molecular weight excluding hydrogens is 456 g/mol. The van der Waals surface area contributed by atoms with Crippen molar-refractivity contribution in [2.75, 3.05) is 13.2 Å². The van der Waals surface area contributed by atoms with E-state index in [1.54, 1.807) is 6.08 Å². The van der Waals surface area contributed by atoms with Crippen molar-refractivity contribution in [3.63, 3.8) is 0 Å². The molecule has 12 nitrogen and oxygen atoms in total. The van der Waals surface area contributed by atoms with Gasteiger partial charge in [0.05, 0.1) is 31.0 Å². The Kier molecular flexibility index (Phi) is 6.02. The zero-order valence-corrected chi connectivity index (χ0v) is 17.8. The molecule has 6 N–H and O–H groups in total. The van der Waals surface area contributed by atoms with Crippen LogP contribution in [0.2, 0.25) is 0 Å². The van der Waals surface area contributed by atoms with Crippen LogP contribution in [-0.4, -0.2) is 105 Å². The highest BCUT2D eigenvalue weighted by molar-refractivity contribution is 5.89. The molecule has 0 amide bonds. The zero-order chi connectivity index (χ0) is 24.2. The van der Waals surface area contributed by atoms with Gasteiger partial charge in [0.1, 0.15) is 48.0 Å². The molecule has 12 heteroatoms. The second-order valence-electron chi connectivity index (χ2n) is 8.84. The predicted octanol–water partition coefficient (Wildman–Crippen LogP) is -2.02. The number of benzene rings is 1. The predicted molar refractivity (Wildman–Crippen MR) is 108 cm³/mol. The number of phenolic OH excluding ortho intramolecular Hbond substituents is 1. The number of aromatic hydroxyl groups is 1. The lowest BCUT2D eigenvalue weighted by Gasteiger charge is -2.43. The number of hydrogen-bond acceptors (Lipinski definition) is 12. The average molecular weight is 482 g/mol. The van der Waals surface area contributed by atoms with Crippen molar-refractivity contribution in [3.8, 4) is 5.75 Å². The van der Waals surface area contributed by atoms with E-state index in [0.717, 1.165) is 0 Å². The lowest BCUT2D eigenvalue weighted by atomic mass is 9.85. The van der Waals surface area contributed by atoms with E-state index in [9.17, 15) is 35.4 Å². The molecule has 34 heavy (non-hydrogen) atoms. The molecule has 1 aliphatic carbocycles. The molecule has 0 aromatic heterocycles. The summed E-state index contributed by atoms with van der Waals surface area (Å²) in [5.74, 6) is -1.78. The first-order chi connectivity index (χ1) is 16.3. The highest BCUT2D eigenvalue weighted by Crippen LogP contribution is 2.60. The SMILES string of the molecule is O=C(O[C@@H]1[C@H]2C=CO[C@@H](O[C@@H]3O[C@@H](CO)[C@H](O)[C@@H](O)[C@@H]3O)[C@@H]2[C@]2(CO)O[C@@H]12)c1ccc(O)cc1. The van der Waals surface area contributed by atoms with Gasteiger partial charge in [0.2, 0.25) is 6.29 Å². The van der Waals surface area contributed by atoms with Crippen LogP contribution in [0.4, 0.5) is 0 Å². The van der Waals surface area contributed by atoms with Gasteiger partial charge in [-0.05, 0) is 30.3 Å². The van der Waals surface area contributed by atoms with Crippen molar-refractivity contribution in [2.45, 2.75) is 54.8 Å². The fraction of sp³-hybridized carbons (Fsp3) is 0.591. The summed E-state index contributed by atoms with van der Waals surface area (Å²) in [6, 6.07) is 5.56. The fourth-order valence-electron chi connectivity index (χ4n) is 5.08. The number of esters is 1. The molecule has 0 radical (unpaired) electrons. The second-order valence-corrected chi connectivity index (χ2v) is 8.84. The second kappa shape index (κ2) is 8.73. The van der Waals surface area contributed by atoms with Gasteiger partial charge >= 0.3 is 5.97 Å². The average Bonchev–Trinajstić information content (AvgIpc) is 3.52. The number of aliphatic hydroxyl groups is 5. The zero-order valence-electron chi connectivity index (χ0n) is 17.8. The maximum Gasteiger partial charge on any atom is 0.338 e. The first-order valence-electron chi connectivity index (χ1n) is 10.9. The molecule has 1 aromatic carbocycles. The van der Waals surface area contributed by atoms with Gasteiger partial charge in [-0.25, -0.2) is 4.79 Å². The Morgan fingerprint density at radius 1 is 1.03 bits per heavy atom. The number of epoxide rings is 1. The lowest BCUT2D eigenvalue weighted by Crippen LogP contribution is -2.60. The van der Waals surface area contributed by atoms with Crippen molar-refractivity contribution in [1.29, 1.82) is 0 Å². The first-order valence-corrected chi connectivity index (χ1v) is 10.9.